The van der Waals surface area contributed by atoms with Crippen molar-refractivity contribution in [1.29, 1.82) is 0 Å². The maximum atomic E-state index is 13.8. The van der Waals surface area contributed by atoms with Crippen LogP contribution in [0.2, 0.25) is 10.0 Å². The van der Waals surface area contributed by atoms with Gasteiger partial charge >= 0.3 is 0 Å². The third-order valence-corrected chi connectivity index (χ3v) is 8.88. The fourth-order valence-electron chi connectivity index (χ4n) is 5.30. The molecule has 2 fully saturated rings. The van der Waals surface area contributed by atoms with E-state index in [1.807, 2.05) is 109 Å². The summed E-state index contributed by atoms with van der Waals surface area (Å²) < 4.78 is 14.7. The highest BCUT2D eigenvalue weighted by molar-refractivity contribution is 7.85. The number of amides is 1. The molecule has 4 nitrogen and oxygen atoms in total. The summed E-state index contributed by atoms with van der Waals surface area (Å²) >= 11 is 11.7. The average Bonchev–Trinajstić information content (AvgIpc) is 3.83. The zero-order valence-corrected chi connectivity index (χ0v) is 26.6. The first-order chi connectivity index (χ1) is 19.9. The van der Waals surface area contributed by atoms with E-state index in [1.165, 1.54) is 0 Å². The molecule has 1 heterocycles. The Balaban J connectivity index is 0.000000443. The Kier molecular flexibility index (Phi) is 13.4. The molecule has 3 aromatic rings. The van der Waals surface area contributed by atoms with Crippen molar-refractivity contribution >= 4 is 45.8 Å². The van der Waals surface area contributed by atoms with E-state index >= 15 is 0 Å². The standard InChI is InChI=1S/C26H31ClN2O2S.C6H5Cl.C2H6/c1-3-7-21-14-17-24(19-12-15-22(27)16-13-19)29(26(21)30)25(20-10-11-20)18-28(32(2)31)23-8-5-4-6-9-23;7-6-4-2-1-3-5-6;1-2/h3-6,8-9,12-13,15-16,20-21,24-25H,1,7,10-11,14,17-18H2,2H3;1-5H;1-2H3/t21-,24-,25?,32?;;/m0../s1. The molecule has 7 heteroatoms. The van der Waals surface area contributed by atoms with Crippen LogP contribution in [-0.2, 0) is 15.8 Å². The molecule has 0 N–H and O–H groups in total. The number of allylic oxidation sites excluding steroid dienone is 1. The van der Waals surface area contributed by atoms with E-state index in [2.05, 4.69) is 11.5 Å². The van der Waals surface area contributed by atoms with Gasteiger partial charge in [0.25, 0.3) is 0 Å². The van der Waals surface area contributed by atoms with Crippen LogP contribution in [0.5, 0.6) is 0 Å². The first kappa shape index (κ1) is 32.9. The molecule has 220 valence electrons. The fourth-order valence-corrected chi connectivity index (χ4v) is 6.35. The molecular weight excluding hydrogens is 571 g/mol. The van der Waals surface area contributed by atoms with Crippen molar-refractivity contribution in [3.05, 3.63) is 113 Å². The molecule has 1 aliphatic carbocycles. The molecule has 2 aliphatic rings. The van der Waals surface area contributed by atoms with Gasteiger partial charge in [-0.2, -0.15) is 0 Å². The van der Waals surface area contributed by atoms with Crippen molar-refractivity contribution in [1.82, 2.24) is 4.90 Å². The van der Waals surface area contributed by atoms with Crippen LogP contribution >= 0.6 is 23.2 Å². The van der Waals surface area contributed by atoms with Crippen molar-refractivity contribution in [3.8, 4) is 0 Å². The summed E-state index contributed by atoms with van der Waals surface area (Å²) in [6.45, 7) is 8.43. The normalized spacial score (nSPS) is 19.5. The van der Waals surface area contributed by atoms with E-state index in [9.17, 15) is 9.00 Å². The van der Waals surface area contributed by atoms with E-state index in [4.69, 9.17) is 23.2 Å². The lowest BCUT2D eigenvalue weighted by atomic mass is 9.84. The second-order valence-corrected chi connectivity index (χ2v) is 12.3. The first-order valence-corrected chi connectivity index (χ1v) is 16.7. The zero-order chi connectivity index (χ0) is 29.8. The van der Waals surface area contributed by atoms with Gasteiger partial charge in [0, 0.05) is 27.9 Å². The van der Waals surface area contributed by atoms with Gasteiger partial charge in [-0.1, -0.05) is 91.7 Å². The number of anilines is 1. The van der Waals surface area contributed by atoms with Gasteiger partial charge < -0.3 is 4.90 Å². The highest BCUT2D eigenvalue weighted by Gasteiger charge is 2.45. The first-order valence-electron chi connectivity index (χ1n) is 14.4. The monoisotopic (exact) mass is 612 g/mol. The molecule has 1 aliphatic heterocycles. The highest BCUT2D eigenvalue weighted by Crippen LogP contribution is 2.44. The quantitative estimate of drug-likeness (QED) is 0.226. The lowest BCUT2D eigenvalue weighted by Gasteiger charge is -2.45. The lowest BCUT2D eigenvalue weighted by Crippen LogP contribution is -2.54. The van der Waals surface area contributed by atoms with Crippen molar-refractivity contribution in [2.24, 2.45) is 11.8 Å². The van der Waals surface area contributed by atoms with Gasteiger partial charge in [-0.05, 0) is 80.0 Å². The summed E-state index contributed by atoms with van der Waals surface area (Å²) in [5.41, 5.74) is 2.04. The van der Waals surface area contributed by atoms with E-state index in [-0.39, 0.29) is 23.9 Å². The maximum Gasteiger partial charge on any atom is 0.226 e. The number of carbonyl (C=O) groups is 1. The minimum atomic E-state index is -1.19. The number of rotatable bonds is 9. The van der Waals surface area contributed by atoms with E-state index in [0.717, 1.165) is 42.0 Å². The zero-order valence-electron chi connectivity index (χ0n) is 24.3. The van der Waals surface area contributed by atoms with Gasteiger partial charge in [-0.25, -0.2) is 4.21 Å². The largest absolute Gasteiger partial charge is 0.330 e. The summed E-state index contributed by atoms with van der Waals surface area (Å²) in [4.78, 5) is 15.9. The smallest absolute Gasteiger partial charge is 0.226 e. The molecule has 1 saturated heterocycles. The second-order valence-electron chi connectivity index (χ2n) is 10.1. The molecule has 2 unspecified atom stereocenters. The summed E-state index contributed by atoms with van der Waals surface area (Å²) in [6, 6.07) is 27.2. The van der Waals surface area contributed by atoms with E-state index in [0.29, 0.717) is 23.9 Å². The van der Waals surface area contributed by atoms with Gasteiger partial charge in [0.1, 0.15) is 11.0 Å². The Morgan fingerprint density at radius 2 is 1.46 bits per heavy atom. The highest BCUT2D eigenvalue weighted by atomic mass is 35.5. The van der Waals surface area contributed by atoms with Crippen LogP contribution in [0.15, 0.2) is 97.6 Å². The molecule has 0 aromatic heterocycles. The van der Waals surface area contributed by atoms with Crippen molar-refractivity contribution in [2.75, 3.05) is 17.1 Å². The van der Waals surface area contributed by atoms with Crippen LogP contribution < -0.4 is 4.31 Å². The van der Waals surface area contributed by atoms with Crippen molar-refractivity contribution in [2.45, 2.75) is 58.0 Å². The Hall–Kier alpha value is -2.60. The number of likely N-dealkylation sites (tertiary alicyclic amines) is 1. The average molecular weight is 614 g/mol. The molecule has 0 radical (unpaired) electrons. The molecule has 41 heavy (non-hydrogen) atoms. The maximum absolute atomic E-state index is 13.8. The molecule has 0 bridgehead atoms. The Bertz CT molecular complexity index is 1240. The van der Waals surface area contributed by atoms with Crippen molar-refractivity contribution < 1.29 is 9.00 Å². The Morgan fingerprint density at radius 1 is 0.902 bits per heavy atom. The summed E-state index contributed by atoms with van der Waals surface area (Å²) in [7, 11) is -1.19. The number of hydrogen-bond acceptors (Lipinski definition) is 2. The SMILES string of the molecule is C=CC[C@H]1CC[C@@H](c2ccc(Cl)cc2)N(C(CN(c2ccccc2)S(C)=O)C2CC2)C1=O.CC.Clc1ccccc1. The number of carbonyl (C=O) groups excluding carboxylic acids is 1. The number of nitrogens with zero attached hydrogens (tertiary/aromatic N) is 2. The molecule has 1 saturated carbocycles. The predicted molar refractivity (Wildman–Crippen MR) is 176 cm³/mol. The molecule has 3 aromatic carbocycles. The van der Waals surface area contributed by atoms with Crippen LogP contribution in [0.3, 0.4) is 0 Å². The minimum Gasteiger partial charge on any atom is -0.330 e. The fraction of sp³-hybridized carbons (Fsp3) is 0.382. The van der Waals surface area contributed by atoms with Gasteiger partial charge in [0.2, 0.25) is 5.91 Å². The van der Waals surface area contributed by atoms with Gasteiger partial charge in [0.15, 0.2) is 0 Å². The third kappa shape index (κ3) is 9.46. The minimum absolute atomic E-state index is 0.00865. The molecule has 5 rings (SSSR count). The predicted octanol–water partition coefficient (Wildman–Crippen LogP) is 9.14. The van der Waals surface area contributed by atoms with Crippen molar-refractivity contribution in [3.63, 3.8) is 0 Å². The topological polar surface area (TPSA) is 40.6 Å². The van der Waals surface area contributed by atoms with E-state index < -0.39 is 11.0 Å². The number of halogens is 2. The van der Waals surface area contributed by atoms with Crippen LogP contribution in [0.1, 0.15) is 57.6 Å². The third-order valence-electron chi connectivity index (χ3n) is 7.40. The number of benzene rings is 3. The molecule has 4 atom stereocenters. The van der Waals surface area contributed by atoms with Crippen LogP contribution in [-0.4, -0.2) is 33.9 Å². The summed E-state index contributed by atoms with van der Waals surface area (Å²) in [5.74, 6) is 0.600. The molecule has 1 amide bonds. The summed E-state index contributed by atoms with van der Waals surface area (Å²) in [5, 5.41) is 1.49. The molecular formula is C34H42Cl2N2O2S. The van der Waals surface area contributed by atoms with Crippen LogP contribution in [0.4, 0.5) is 5.69 Å². The van der Waals surface area contributed by atoms with Crippen LogP contribution in [0, 0.1) is 11.8 Å². The summed E-state index contributed by atoms with van der Waals surface area (Å²) in [6.07, 6.45) is 8.24. The van der Waals surface area contributed by atoms with Crippen LogP contribution in [0.25, 0.3) is 0 Å². The molecule has 0 spiro atoms. The van der Waals surface area contributed by atoms with E-state index in [1.54, 1.807) is 6.26 Å². The Labute approximate surface area is 258 Å². The number of hydrogen-bond donors (Lipinski definition) is 0. The number of para-hydroxylation sites is 1. The Morgan fingerprint density at radius 3 is 1.95 bits per heavy atom. The van der Waals surface area contributed by atoms with Gasteiger partial charge in [0.05, 0.1) is 18.6 Å². The van der Waals surface area contributed by atoms with Gasteiger partial charge in [-0.3, -0.25) is 9.10 Å². The van der Waals surface area contributed by atoms with Gasteiger partial charge in [-0.15, -0.1) is 6.58 Å². The second kappa shape index (κ2) is 16.7. The number of piperidine rings is 1. The lowest BCUT2D eigenvalue weighted by molar-refractivity contribution is -0.145.